The highest BCUT2D eigenvalue weighted by molar-refractivity contribution is 5.97. The minimum atomic E-state index is -2.29. The first kappa shape index (κ1) is 17.3. The smallest absolute Gasteiger partial charge is 0.251 e. The fourth-order valence-electron chi connectivity index (χ4n) is 3.63. The SMILES string of the molecule is Cc1ccc(N2CCC[C@@H](N3CCN(CC(F)F)CC3)C2=O)cc1. The summed E-state index contributed by atoms with van der Waals surface area (Å²) in [6, 6.07) is 7.92. The van der Waals surface area contributed by atoms with Gasteiger partial charge in [0.15, 0.2) is 0 Å². The first-order chi connectivity index (χ1) is 11.5. The van der Waals surface area contributed by atoms with Crippen molar-refractivity contribution in [3.05, 3.63) is 29.8 Å². The van der Waals surface area contributed by atoms with Gasteiger partial charge < -0.3 is 4.90 Å². The molecule has 2 aliphatic heterocycles. The number of anilines is 1. The molecule has 2 heterocycles. The molecule has 0 spiro atoms. The Kier molecular flexibility index (Phi) is 5.46. The molecular formula is C18H25F2N3O. The van der Waals surface area contributed by atoms with E-state index in [1.54, 1.807) is 4.90 Å². The van der Waals surface area contributed by atoms with Gasteiger partial charge in [-0.15, -0.1) is 0 Å². The zero-order valence-electron chi connectivity index (χ0n) is 14.1. The van der Waals surface area contributed by atoms with Crippen molar-refractivity contribution in [3.8, 4) is 0 Å². The van der Waals surface area contributed by atoms with E-state index in [2.05, 4.69) is 4.90 Å². The van der Waals surface area contributed by atoms with Crippen molar-refractivity contribution in [2.75, 3.05) is 44.2 Å². The molecular weight excluding hydrogens is 312 g/mol. The van der Waals surface area contributed by atoms with Crippen LogP contribution in [0.15, 0.2) is 24.3 Å². The first-order valence-corrected chi connectivity index (χ1v) is 8.67. The van der Waals surface area contributed by atoms with Gasteiger partial charge in [-0.3, -0.25) is 14.6 Å². The topological polar surface area (TPSA) is 26.8 Å². The first-order valence-electron chi connectivity index (χ1n) is 8.67. The molecule has 1 aromatic carbocycles. The Labute approximate surface area is 142 Å². The van der Waals surface area contributed by atoms with Crippen LogP contribution >= 0.6 is 0 Å². The van der Waals surface area contributed by atoms with E-state index in [1.165, 1.54) is 5.56 Å². The minimum absolute atomic E-state index is 0.117. The van der Waals surface area contributed by atoms with Crippen molar-refractivity contribution in [3.63, 3.8) is 0 Å². The van der Waals surface area contributed by atoms with E-state index < -0.39 is 6.43 Å². The maximum Gasteiger partial charge on any atom is 0.251 e. The van der Waals surface area contributed by atoms with Crippen LogP contribution in [0.4, 0.5) is 14.5 Å². The van der Waals surface area contributed by atoms with Crippen molar-refractivity contribution in [1.29, 1.82) is 0 Å². The second-order valence-corrected chi connectivity index (χ2v) is 6.71. The molecule has 0 bridgehead atoms. The molecule has 24 heavy (non-hydrogen) atoms. The predicted octanol–water partition coefficient (Wildman–Crippen LogP) is 2.37. The number of piperidine rings is 1. The summed E-state index contributed by atoms with van der Waals surface area (Å²) in [6.45, 7) is 5.21. The van der Waals surface area contributed by atoms with Crippen LogP contribution in [0.25, 0.3) is 0 Å². The van der Waals surface area contributed by atoms with E-state index in [0.717, 1.165) is 25.1 Å². The number of benzene rings is 1. The van der Waals surface area contributed by atoms with Crippen molar-refractivity contribution in [2.45, 2.75) is 32.2 Å². The summed E-state index contributed by atoms with van der Waals surface area (Å²) in [7, 11) is 0. The summed E-state index contributed by atoms with van der Waals surface area (Å²) in [6.07, 6.45) is -0.456. The number of hydrogen-bond acceptors (Lipinski definition) is 3. The van der Waals surface area contributed by atoms with E-state index >= 15 is 0 Å². The van der Waals surface area contributed by atoms with Crippen LogP contribution in [0.2, 0.25) is 0 Å². The van der Waals surface area contributed by atoms with Gasteiger partial charge in [-0.05, 0) is 31.9 Å². The molecule has 2 fully saturated rings. The molecule has 1 amide bonds. The van der Waals surface area contributed by atoms with Crippen LogP contribution in [-0.4, -0.2) is 67.4 Å². The molecule has 1 aromatic rings. The number of hydrogen-bond donors (Lipinski definition) is 0. The monoisotopic (exact) mass is 337 g/mol. The normalized spacial score (nSPS) is 23.9. The largest absolute Gasteiger partial charge is 0.311 e. The summed E-state index contributed by atoms with van der Waals surface area (Å²) in [5.41, 5.74) is 2.13. The Morgan fingerprint density at radius 2 is 1.75 bits per heavy atom. The van der Waals surface area contributed by atoms with Crippen LogP contribution in [0.5, 0.6) is 0 Å². The van der Waals surface area contributed by atoms with Gasteiger partial charge >= 0.3 is 0 Å². The van der Waals surface area contributed by atoms with Gasteiger partial charge in [-0.1, -0.05) is 17.7 Å². The third kappa shape index (κ3) is 3.92. The maximum atomic E-state index is 12.9. The van der Waals surface area contributed by atoms with Crippen molar-refractivity contribution in [1.82, 2.24) is 9.80 Å². The van der Waals surface area contributed by atoms with E-state index in [9.17, 15) is 13.6 Å². The van der Waals surface area contributed by atoms with Gasteiger partial charge in [0.1, 0.15) is 0 Å². The Hall–Kier alpha value is -1.53. The number of piperazine rings is 1. The van der Waals surface area contributed by atoms with Crippen molar-refractivity contribution >= 4 is 11.6 Å². The molecule has 0 radical (unpaired) electrons. The molecule has 3 rings (SSSR count). The number of rotatable bonds is 4. The number of halogens is 2. The lowest BCUT2D eigenvalue weighted by Gasteiger charge is -2.42. The number of alkyl halides is 2. The lowest BCUT2D eigenvalue weighted by atomic mass is 10.0. The third-order valence-corrected chi connectivity index (χ3v) is 5.00. The molecule has 1 atom stereocenters. The van der Waals surface area contributed by atoms with E-state index in [0.29, 0.717) is 26.2 Å². The zero-order valence-corrected chi connectivity index (χ0v) is 14.1. The molecule has 6 heteroatoms. The Bertz CT molecular complexity index is 556. The minimum Gasteiger partial charge on any atom is -0.311 e. The Balaban J connectivity index is 1.62. The van der Waals surface area contributed by atoms with Crippen LogP contribution in [0.3, 0.4) is 0 Å². The zero-order chi connectivity index (χ0) is 17.1. The van der Waals surface area contributed by atoms with Crippen molar-refractivity contribution < 1.29 is 13.6 Å². The van der Waals surface area contributed by atoms with E-state index in [1.807, 2.05) is 36.1 Å². The Morgan fingerprint density at radius 1 is 1.08 bits per heavy atom. The average molecular weight is 337 g/mol. The number of aryl methyl sites for hydroxylation is 1. The predicted molar refractivity (Wildman–Crippen MR) is 90.6 cm³/mol. The summed E-state index contributed by atoms with van der Waals surface area (Å²) in [4.78, 5) is 18.7. The molecule has 0 aliphatic carbocycles. The molecule has 4 nitrogen and oxygen atoms in total. The van der Waals surface area contributed by atoms with Gasteiger partial charge in [0.05, 0.1) is 12.6 Å². The highest BCUT2D eigenvalue weighted by atomic mass is 19.3. The van der Waals surface area contributed by atoms with Gasteiger partial charge in [-0.25, -0.2) is 8.78 Å². The quantitative estimate of drug-likeness (QED) is 0.844. The van der Waals surface area contributed by atoms with Crippen LogP contribution in [-0.2, 0) is 4.79 Å². The molecule has 0 aromatic heterocycles. The third-order valence-electron chi connectivity index (χ3n) is 5.00. The fraction of sp³-hybridized carbons (Fsp3) is 0.611. The highest BCUT2D eigenvalue weighted by Crippen LogP contribution is 2.25. The highest BCUT2D eigenvalue weighted by Gasteiger charge is 2.35. The number of amides is 1. The standard InChI is InChI=1S/C18H25F2N3O/c1-14-4-6-15(7-5-14)23-8-2-3-16(18(23)24)22-11-9-21(10-12-22)13-17(19)20/h4-7,16-17H,2-3,8-13H2,1H3/t16-/m1/s1. The van der Waals surface area contributed by atoms with Crippen LogP contribution in [0, 0.1) is 6.92 Å². The molecule has 132 valence electrons. The average Bonchev–Trinajstić information content (AvgIpc) is 2.56. The summed E-state index contributed by atoms with van der Waals surface area (Å²) in [5.74, 6) is 0.146. The fourth-order valence-corrected chi connectivity index (χ4v) is 3.63. The van der Waals surface area contributed by atoms with Crippen molar-refractivity contribution in [2.24, 2.45) is 0 Å². The lowest BCUT2D eigenvalue weighted by molar-refractivity contribution is -0.126. The second-order valence-electron chi connectivity index (χ2n) is 6.71. The second kappa shape index (κ2) is 7.57. The number of nitrogens with zero attached hydrogens (tertiary/aromatic N) is 3. The summed E-state index contributed by atoms with van der Waals surface area (Å²) < 4.78 is 25.0. The molecule has 2 saturated heterocycles. The van der Waals surface area contributed by atoms with E-state index in [4.69, 9.17) is 0 Å². The molecule has 0 N–H and O–H groups in total. The van der Waals surface area contributed by atoms with Gasteiger partial charge in [-0.2, -0.15) is 0 Å². The molecule has 0 unspecified atom stereocenters. The van der Waals surface area contributed by atoms with E-state index in [-0.39, 0.29) is 18.5 Å². The summed E-state index contributed by atoms with van der Waals surface area (Å²) in [5, 5.41) is 0. The van der Waals surface area contributed by atoms with Crippen LogP contribution < -0.4 is 4.90 Å². The molecule has 2 aliphatic rings. The lowest BCUT2D eigenvalue weighted by Crippen LogP contribution is -2.58. The maximum absolute atomic E-state index is 12.9. The van der Waals surface area contributed by atoms with Gasteiger partial charge in [0.2, 0.25) is 5.91 Å². The van der Waals surface area contributed by atoms with Crippen LogP contribution in [0.1, 0.15) is 18.4 Å². The molecule has 0 saturated carbocycles. The Morgan fingerprint density at radius 3 is 2.38 bits per heavy atom. The van der Waals surface area contributed by atoms with Gasteiger partial charge in [0.25, 0.3) is 6.43 Å². The number of carbonyl (C=O) groups excluding carboxylic acids is 1. The summed E-state index contributed by atoms with van der Waals surface area (Å²) >= 11 is 0. The van der Waals surface area contributed by atoms with Gasteiger partial charge in [0, 0.05) is 38.4 Å². The number of carbonyl (C=O) groups is 1.